The van der Waals surface area contributed by atoms with Gasteiger partial charge in [0.15, 0.2) is 9.84 Å². The van der Waals surface area contributed by atoms with E-state index in [1.807, 2.05) is 33.7 Å². The number of carbonyl (C=O) groups is 4. The van der Waals surface area contributed by atoms with Gasteiger partial charge in [-0.05, 0) is 84.3 Å². The maximum absolute atomic E-state index is 14.6. The Morgan fingerprint density at radius 1 is 1.12 bits per heavy atom. The number of carboxylic acids is 1. The van der Waals surface area contributed by atoms with Crippen LogP contribution in [0.2, 0.25) is 0 Å². The van der Waals surface area contributed by atoms with E-state index >= 15 is 0 Å². The van der Waals surface area contributed by atoms with Crippen LogP contribution in [0.1, 0.15) is 53.0 Å². The van der Waals surface area contributed by atoms with Crippen LogP contribution >= 0.6 is 22.7 Å². The normalized spacial score (nSPS) is 28.4. The maximum Gasteiger partial charge on any atom is 0.408 e. The van der Waals surface area contributed by atoms with Gasteiger partial charge < -0.3 is 25.4 Å². The third-order valence-corrected chi connectivity index (χ3v) is 12.6. The Morgan fingerprint density at radius 2 is 1.81 bits per heavy atom. The molecule has 6 atom stereocenters. The molecule has 2 aliphatic heterocycles. The van der Waals surface area contributed by atoms with Crippen LogP contribution in [0.25, 0.3) is 22.3 Å². The van der Waals surface area contributed by atoms with Gasteiger partial charge in [0.25, 0.3) is 5.56 Å². The van der Waals surface area contributed by atoms with Gasteiger partial charge in [-0.3, -0.25) is 14.4 Å². The molecule has 3 unspecified atom stereocenters. The molecule has 3 aliphatic rings. The Bertz CT molecular complexity index is 2050. The number of rotatable bonds is 5. The molecular weight excluding hydrogens is 731 g/mol. The molecular formula is C35H41N5O9S3. The number of nitrogens with one attached hydrogen (secondary N) is 2. The Labute approximate surface area is 308 Å². The van der Waals surface area contributed by atoms with E-state index in [2.05, 4.69) is 15.7 Å². The van der Waals surface area contributed by atoms with Crippen molar-refractivity contribution in [2.24, 2.45) is 11.8 Å². The van der Waals surface area contributed by atoms with Crippen LogP contribution < -0.4 is 16.2 Å². The zero-order valence-corrected chi connectivity index (χ0v) is 31.6. The highest BCUT2D eigenvalue weighted by Crippen LogP contribution is 2.45. The fraction of sp³-hybridized carbons (Fsp3) is 0.486. The van der Waals surface area contributed by atoms with E-state index < -0.39 is 80.4 Å². The van der Waals surface area contributed by atoms with Crippen molar-refractivity contribution >= 4 is 56.4 Å². The van der Waals surface area contributed by atoms with E-state index in [0.29, 0.717) is 16.7 Å². The van der Waals surface area contributed by atoms with Gasteiger partial charge in [-0.15, -0.1) is 0 Å². The molecule has 2 fully saturated rings. The second-order valence-electron chi connectivity index (χ2n) is 14.6. The van der Waals surface area contributed by atoms with Gasteiger partial charge in [0.1, 0.15) is 23.2 Å². The van der Waals surface area contributed by atoms with Gasteiger partial charge >= 0.3 is 12.1 Å². The molecule has 3 N–H and O–H groups in total. The number of hydrogen-bond acceptors (Lipinski definition) is 11. The second-order valence-corrected chi connectivity index (χ2v) is 18.4. The first-order valence-corrected chi connectivity index (χ1v) is 20.6. The molecule has 0 bridgehead atoms. The molecule has 1 saturated carbocycles. The van der Waals surface area contributed by atoms with Crippen molar-refractivity contribution in [1.29, 1.82) is 0 Å². The molecule has 3 aromatic rings. The number of alkyl carbamates (subject to hydrolysis) is 1. The standard InChI is InChI=1S/C35H41N5O9S3/c1-20-9-13-52(47,48)12-5-6-23-15-35(23,32(44)45)38-29(41)26-14-24(17-39(26)31(43)28(20)37-33(46)49-34(2,3)4)40-30(42)27(22-8-11-51-19-22)25(16-36-40)21-7-10-50-18-21/h5-8,10-11,16,18-20,23-24,26,28H,9,12-15,17H2,1-4H3,(H,37,46)(H,38,41)(H,44,45)/b6-5-/t20?,23?,24-,26+,28+,35?/m1/s1. The molecule has 1 saturated heterocycles. The molecule has 3 amide bonds. The van der Waals surface area contributed by atoms with Crippen LogP contribution in [-0.4, -0.2) is 93.4 Å². The summed E-state index contributed by atoms with van der Waals surface area (Å²) in [6.07, 6.45) is 3.51. The van der Waals surface area contributed by atoms with Crippen molar-refractivity contribution in [3.63, 3.8) is 0 Å². The van der Waals surface area contributed by atoms with Crippen LogP contribution in [0, 0.1) is 11.8 Å². The summed E-state index contributed by atoms with van der Waals surface area (Å²) >= 11 is 2.90. The minimum atomic E-state index is -3.67. The summed E-state index contributed by atoms with van der Waals surface area (Å²) in [7, 11) is -3.67. The van der Waals surface area contributed by atoms with Crippen molar-refractivity contribution in [3.8, 4) is 22.3 Å². The molecule has 3 aromatic heterocycles. The summed E-state index contributed by atoms with van der Waals surface area (Å²) in [5, 5.41) is 27.5. The lowest BCUT2D eigenvalue weighted by Crippen LogP contribution is -2.58. The number of carboxylic acid groups (broad SMARTS) is 1. The molecule has 278 valence electrons. The van der Waals surface area contributed by atoms with Gasteiger partial charge in [0.2, 0.25) is 11.8 Å². The van der Waals surface area contributed by atoms with E-state index in [1.165, 1.54) is 44.4 Å². The van der Waals surface area contributed by atoms with E-state index in [0.717, 1.165) is 5.56 Å². The van der Waals surface area contributed by atoms with Crippen LogP contribution in [-0.2, 0) is 29.0 Å². The first-order valence-electron chi connectivity index (χ1n) is 16.9. The number of aliphatic carboxylic acids is 1. The predicted octanol–water partition coefficient (Wildman–Crippen LogP) is 3.71. The summed E-state index contributed by atoms with van der Waals surface area (Å²) in [6, 6.07) is 0.331. The van der Waals surface area contributed by atoms with Crippen LogP contribution in [0.3, 0.4) is 0 Å². The Hall–Kier alpha value is -4.35. The average molecular weight is 772 g/mol. The third kappa shape index (κ3) is 7.71. The monoisotopic (exact) mass is 771 g/mol. The summed E-state index contributed by atoms with van der Waals surface area (Å²) in [6.45, 7) is 6.42. The van der Waals surface area contributed by atoms with Crippen molar-refractivity contribution in [1.82, 2.24) is 25.3 Å². The number of aromatic nitrogens is 2. The lowest BCUT2D eigenvalue weighted by atomic mass is 9.97. The maximum atomic E-state index is 14.6. The van der Waals surface area contributed by atoms with Gasteiger partial charge in [-0.2, -0.15) is 27.8 Å². The molecule has 0 aromatic carbocycles. The van der Waals surface area contributed by atoms with Gasteiger partial charge in [0.05, 0.1) is 29.3 Å². The quantitative estimate of drug-likeness (QED) is 0.322. The molecule has 52 heavy (non-hydrogen) atoms. The Kier molecular flexibility index (Phi) is 10.2. The van der Waals surface area contributed by atoms with E-state index in [9.17, 15) is 37.5 Å². The van der Waals surface area contributed by atoms with Crippen molar-refractivity contribution in [2.45, 2.75) is 76.2 Å². The van der Waals surface area contributed by atoms with Crippen molar-refractivity contribution in [2.75, 3.05) is 18.1 Å². The summed E-state index contributed by atoms with van der Waals surface area (Å²) in [4.78, 5) is 69.9. The van der Waals surface area contributed by atoms with Crippen LogP contribution in [0.4, 0.5) is 4.79 Å². The minimum absolute atomic E-state index is 0.00589. The van der Waals surface area contributed by atoms with Crippen molar-refractivity contribution < 1.29 is 37.4 Å². The number of nitrogens with zero attached hydrogens (tertiary/aromatic N) is 3. The number of sulfone groups is 1. The zero-order valence-electron chi connectivity index (χ0n) is 29.1. The molecule has 5 heterocycles. The average Bonchev–Trinajstić information content (AvgIpc) is 3.59. The fourth-order valence-corrected chi connectivity index (χ4v) is 9.45. The number of amides is 3. The largest absolute Gasteiger partial charge is 0.479 e. The van der Waals surface area contributed by atoms with E-state index in [-0.39, 0.29) is 37.3 Å². The van der Waals surface area contributed by atoms with Crippen LogP contribution in [0.15, 0.2) is 56.8 Å². The minimum Gasteiger partial charge on any atom is -0.479 e. The number of thiophene rings is 2. The van der Waals surface area contributed by atoms with E-state index in [1.54, 1.807) is 33.9 Å². The van der Waals surface area contributed by atoms with Gasteiger partial charge in [0, 0.05) is 24.4 Å². The number of fused-ring (bicyclic) bond motifs is 2. The topological polar surface area (TPSA) is 194 Å². The first kappa shape index (κ1) is 37.4. The SMILES string of the molecule is CC1CCS(=O)(=O)C/C=C\C2CC2(C(=O)O)NC(=O)[C@@H]2C[C@@H](n3ncc(-c4ccsc4)c(-c4ccsc4)c3=O)CN2C(=O)[C@H]1NC(=O)OC(C)(C)C. The van der Waals surface area contributed by atoms with E-state index in [4.69, 9.17) is 4.74 Å². The number of carbonyl (C=O) groups excluding carboxylic acids is 3. The van der Waals surface area contributed by atoms with Gasteiger partial charge in [-0.1, -0.05) is 19.1 Å². The number of ether oxygens (including phenoxy) is 1. The third-order valence-electron chi connectivity index (χ3n) is 9.71. The highest BCUT2D eigenvalue weighted by molar-refractivity contribution is 7.91. The molecule has 17 heteroatoms. The summed E-state index contributed by atoms with van der Waals surface area (Å²) < 4.78 is 32.7. The summed E-state index contributed by atoms with van der Waals surface area (Å²) in [5.41, 5.74) is -0.503. The second kappa shape index (κ2) is 14.2. The lowest BCUT2D eigenvalue weighted by Gasteiger charge is -2.32. The Morgan fingerprint density at radius 3 is 2.44 bits per heavy atom. The molecule has 14 nitrogen and oxygen atoms in total. The first-order chi connectivity index (χ1) is 24.5. The highest BCUT2D eigenvalue weighted by Gasteiger charge is 2.61. The fourth-order valence-electron chi connectivity index (χ4n) is 6.84. The lowest BCUT2D eigenvalue weighted by molar-refractivity contribution is -0.146. The zero-order chi connectivity index (χ0) is 37.6. The molecule has 1 aliphatic carbocycles. The molecule has 0 spiro atoms. The highest BCUT2D eigenvalue weighted by atomic mass is 32.2. The predicted molar refractivity (Wildman–Crippen MR) is 196 cm³/mol. The van der Waals surface area contributed by atoms with Gasteiger partial charge in [-0.25, -0.2) is 22.7 Å². The molecule has 6 rings (SSSR count). The summed E-state index contributed by atoms with van der Waals surface area (Å²) in [5.74, 6) is -4.81. The van der Waals surface area contributed by atoms with Crippen molar-refractivity contribution in [3.05, 3.63) is 62.4 Å². The smallest absolute Gasteiger partial charge is 0.408 e. The molecule has 0 radical (unpaired) electrons. The number of hydrogen-bond donors (Lipinski definition) is 3. The van der Waals surface area contributed by atoms with Crippen LogP contribution in [0.5, 0.6) is 0 Å². The Balaban J connectivity index is 1.42.